The average Bonchev–Trinajstić information content (AvgIpc) is 3.26. The van der Waals surface area contributed by atoms with Crippen LogP contribution in [-0.2, 0) is 21.2 Å². The van der Waals surface area contributed by atoms with Gasteiger partial charge in [-0.25, -0.2) is 18.1 Å². The monoisotopic (exact) mass is 471 g/mol. The molecule has 0 fully saturated rings. The quantitative estimate of drug-likeness (QED) is 0.239. The number of sulfonamides is 1. The van der Waals surface area contributed by atoms with Crippen molar-refractivity contribution < 1.29 is 18.3 Å². The fraction of sp³-hybridized carbons (Fsp3) is 0.286. The summed E-state index contributed by atoms with van der Waals surface area (Å²) >= 11 is 0. The molecule has 33 heavy (non-hydrogen) atoms. The maximum absolute atomic E-state index is 12.1. The van der Waals surface area contributed by atoms with Crippen molar-refractivity contribution in [2.75, 3.05) is 5.75 Å². The van der Waals surface area contributed by atoms with Crippen molar-refractivity contribution >= 4 is 21.8 Å². The fourth-order valence-electron chi connectivity index (χ4n) is 3.03. The molecule has 0 aliphatic carbocycles. The van der Waals surface area contributed by atoms with E-state index in [-0.39, 0.29) is 18.0 Å². The minimum Gasteiger partial charge on any atom is -0.480 e. The van der Waals surface area contributed by atoms with Crippen LogP contribution in [-0.4, -0.2) is 56.9 Å². The van der Waals surface area contributed by atoms with Gasteiger partial charge in [-0.3, -0.25) is 14.8 Å². The summed E-state index contributed by atoms with van der Waals surface area (Å²) in [7, 11) is -3.70. The van der Waals surface area contributed by atoms with Gasteiger partial charge in [0, 0.05) is 23.7 Å². The van der Waals surface area contributed by atoms with E-state index in [4.69, 9.17) is 11.1 Å². The number of nitrogens with zero attached hydrogens (tertiary/aromatic N) is 4. The van der Waals surface area contributed by atoms with Gasteiger partial charge in [-0.05, 0) is 18.6 Å². The topological polar surface area (TPSA) is 177 Å². The van der Waals surface area contributed by atoms with Crippen LogP contribution in [0.15, 0.2) is 48.9 Å². The van der Waals surface area contributed by atoms with Gasteiger partial charge in [0.05, 0.1) is 17.1 Å². The predicted molar refractivity (Wildman–Crippen MR) is 123 cm³/mol. The van der Waals surface area contributed by atoms with Crippen LogP contribution in [0.1, 0.15) is 31.0 Å². The van der Waals surface area contributed by atoms with Crippen LogP contribution >= 0.6 is 0 Å². The molecule has 1 unspecified atom stereocenters. The SMILES string of the molecule is CCCCS(=O)(=O)NC(Cc1cn(-c2ccc(-c3ccc(C(=N)N)cc3)nn2)cn1)C(=O)O. The summed E-state index contributed by atoms with van der Waals surface area (Å²) in [6, 6.07) is 9.23. The summed E-state index contributed by atoms with van der Waals surface area (Å²) in [6.45, 7) is 1.86. The fourth-order valence-corrected chi connectivity index (χ4v) is 4.43. The molecule has 174 valence electrons. The molecular formula is C21H25N7O4S. The van der Waals surface area contributed by atoms with E-state index in [1.807, 2.05) is 6.92 Å². The average molecular weight is 472 g/mol. The molecule has 2 aromatic heterocycles. The van der Waals surface area contributed by atoms with Gasteiger partial charge in [0.2, 0.25) is 10.0 Å². The first-order chi connectivity index (χ1) is 15.7. The van der Waals surface area contributed by atoms with Crippen molar-refractivity contribution in [1.82, 2.24) is 24.5 Å². The molecule has 5 N–H and O–H groups in total. The van der Waals surface area contributed by atoms with E-state index in [9.17, 15) is 18.3 Å². The lowest BCUT2D eigenvalue weighted by Gasteiger charge is -2.13. The summed E-state index contributed by atoms with van der Waals surface area (Å²) in [6.07, 6.45) is 4.08. The molecule has 1 atom stereocenters. The number of aromatic nitrogens is 4. The van der Waals surface area contributed by atoms with Gasteiger partial charge in [0.15, 0.2) is 5.82 Å². The van der Waals surface area contributed by atoms with Crippen LogP contribution in [0, 0.1) is 5.41 Å². The third-order valence-corrected chi connectivity index (χ3v) is 6.31. The second-order valence-electron chi connectivity index (χ2n) is 7.43. The zero-order valence-corrected chi connectivity index (χ0v) is 18.8. The molecule has 0 saturated heterocycles. The van der Waals surface area contributed by atoms with E-state index in [1.165, 1.54) is 6.33 Å². The Hall–Kier alpha value is -3.64. The lowest BCUT2D eigenvalue weighted by Crippen LogP contribution is -2.43. The van der Waals surface area contributed by atoms with Crippen LogP contribution in [0.4, 0.5) is 0 Å². The number of imidazole rings is 1. The molecule has 0 radical (unpaired) electrons. The van der Waals surface area contributed by atoms with Crippen LogP contribution < -0.4 is 10.5 Å². The lowest BCUT2D eigenvalue weighted by molar-refractivity contribution is -0.138. The van der Waals surface area contributed by atoms with Crippen LogP contribution in [0.25, 0.3) is 17.1 Å². The number of rotatable bonds is 11. The number of hydrogen-bond acceptors (Lipinski definition) is 7. The first-order valence-electron chi connectivity index (χ1n) is 10.2. The number of unbranched alkanes of at least 4 members (excludes halogenated alkanes) is 1. The van der Waals surface area contributed by atoms with E-state index in [0.717, 1.165) is 5.56 Å². The highest BCUT2D eigenvalue weighted by Crippen LogP contribution is 2.18. The number of hydrogen-bond donors (Lipinski definition) is 4. The standard InChI is InChI=1S/C21H25N7O4S/c1-2-3-10-33(31,32)27-18(21(29)30)11-16-12-28(13-24-16)19-9-8-17(25-26-19)14-4-6-15(7-5-14)20(22)23/h4-9,12-13,18,27H,2-3,10-11H2,1H3,(H3,22,23)(H,29,30). The van der Waals surface area contributed by atoms with Crippen molar-refractivity contribution in [2.45, 2.75) is 32.2 Å². The largest absolute Gasteiger partial charge is 0.480 e. The number of nitrogens with one attached hydrogen (secondary N) is 2. The first-order valence-corrected chi connectivity index (χ1v) is 11.9. The second-order valence-corrected chi connectivity index (χ2v) is 9.30. The predicted octanol–water partition coefficient (Wildman–Crippen LogP) is 1.33. The van der Waals surface area contributed by atoms with Gasteiger partial charge < -0.3 is 10.8 Å². The van der Waals surface area contributed by atoms with Crippen LogP contribution in [0.2, 0.25) is 0 Å². The number of benzene rings is 1. The summed E-state index contributed by atoms with van der Waals surface area (Å²) in [4.78, 5) is 15.7. The molecule has 0 aliphatic heterocycles. The molecule has 12 heteroatoms. The Morgan fingerprint density at radius 2 is 1.94 bits per heavy atom. The minimum absolute atomic E-state index is 0.0159. The normalized spacial score (nSPS) is 12.4. The van der Waals surface area contributed by atoms with E-state index < -0.39 is 22.0 Å². The molecule has 3 aromatic rings. The molecule has 0 saturated carbocycles. The Morgan fingerprint density at radius 1 is 1.21 bits per heavy atom. The van der Waals surface area contributed by atoms with Gasteiger partial charge in [0.25, 0.3) is 0 Å². The molecular weight excluding hydrogens is 446 g/mol. The Bertz CT molecular complexity index is 1220. The first kappa shape index (κ1) is 24.0. The smallest absolute Gasteiger partial charge is 0.322 e. The molecule has 0 bridgehead atoms. The van der Waals surface area contributed by atoms with E-state index in [1.54, 1.807) is 47.2 Å². The summed E-state index contributed by atoms with van der Waals surface area (Å²) in [5.74, 6) is -0.947. The summed E-state index contributed by atoms with van der Waals surface area (Å²) in [5.41, 5.74) is 7.91. The molecule has 0 aliphatic rings. The number of nitrogen functional groups attached to an aromatic ring is 1. The van der Waals surface area contributed by atoms with E-state index in [0.29, 0.717) is 35.6 Å². The third kappa shape index (κ3) is 6.43. The van der Waals surface area contributed by atoms with Gasteiger partial charge >= 0.3 is 5.97 Å². The molecule has 0 amide bonds. The minimum atomic E-state index is -3.70. The Labute approximate surface area is 191 Å². The summed E-state index contributed by atoms with van der Waals surface area (Å²) < 4.78 is 28.0. The number of carboxylic acid groups (broad SMARTS) is 1. The van der Waals surface area contributed by atoms with Crippen molar-refractivity contribution in [3.05, 3.63) is 60.2 Å². The number of amidine groups is 1. The zero-order chi connectivity index (χ0) is 24.0. The molecule has 3 rings (SSSR count). The van der Waals surface area contributed by atoms with Gasteiger partial charge in [0.1, 0.15) is 18.2 Å². The van der Waals surface area contributed by atoms with Crippen LogP contribution in [0.3, 0.4) is 0 Å². The highest BCUT2D eigenvalue weighted by molar-refractivity contribution is 7.89. The zero-order valence-electron chi connectivity index (χ0n) is 18.0. The third-order valence-electron chi connectivity index (χ3n) is 4.84. The van der Waals surface area contributed by atoms with E-state index >= 15 is 0 Å². The summed E-state index contributed by atoms with van der Waals surface area (Å²) in [5, 5.41) is 25.3. The van der Waals surface area contributed by atoms with Crippen molar-refractivity contribution in [1.29, 1.82) is 5.41 Å². The number of carboxylic acids is 1. The van der Waals surface area contributed by atoms with Crippen molar-refractivity contribution in [3.8, 4) is 17.1 Å². The number of carbonyl (C=O) groups is 1. The Balaban J connectivity index is 1.71. The Morgan fingerprint density at radius 3 is 2.52 bits per heavy atom. The lowest BCUT2D eigenvalue weighted by atomic mass is 10.1. The molecule has 1 aromatic carbocycles. The number of nitrogens with two attached hydrogens (primary N) is 1. The van der Waals surface area contributed by atoms with Gasteiger partial charge in [-0.15, -0.1) is 10.2 Å². The maximum Gasteiger partial charge on any atom is 0.322 e. The number of aliphatic carboxylic acids is 1. The highest BCUT2D eigenvalue weighted by atomic mass is 32.2. The maximum atomic E-state index is 12.1. The van der Waals surface area contributed by atoms with Gasteiger partial charge in [-0.1, -0.05) is 37.6 Å². The van der Waals surface area contributed by atoms with Crippen LogP contribution in [0.5, 0.6) is 0 Å². The molecule has 0 spiro atoms. The van der Waals surface area contributed by atoms with Gasteiger partial charge in [-0.2, -0.15) is 0 Å². The highest BCUT2D eigenvalue weighted by Gasteiger charge is 2.25. The van der Waals surface area contributed by atoms with Crippen molar-refractivity contribution in [2.24, 2.45) is 5.73 Å². The molecule has 2 heterocycles. The second kappa shape index (κ2) is 10.3. The Kier molecular flexibility index (Phi) is 7.51. The van der Waals surface area contributed by atoms with Crippen molar-refractivity contribution in [3.63, 3.8) is 0 Å². The molecule has 11 nitrogen and oxygen atoms in total. The van der Waals surface area contributed by atoms with E-state index in [2.05, 4.69) is 19.9 Å².